The average Bonchev–Trinajstić information content (AvgIpc) is 3.30. The van der Waals surface area contributed by atoms with Gasteiger partial charge in [-0.05, 0) is 41.1 Å². The first-order chi connectivity index (χ1) is 13.5. The van der Waals surface area contributed by atoms with E-state index < -0.39 is 11.9 Å². The highest BCUT2D eigenvalue weighted by molar-refractivity contribution is 6.31. The summed E-state index contributed by atoms with van der Waals surface area (Å²) in [6.07, 6.45) is 0. The van der Waals surface area contributed by atoms with Crippen LogP contribution in [0, 0.1) is 0 Å². The third-order valence-electron chi connectivity index (χ3n) is 4.57. The molecular weight excluding hydrogens is 405 g/mol. The summed E-state index contributed by atoms with van der Waals surface area (Å²) in [5.74, 6) is -0.576. The number of aromatic nitrogens is 4. The summed E-state index contributed by atoms with van der Waals surface area (Å²) in [6.45, 7) is 0. The second-order valence-electron chi connectivity index (χ2n) is 6.16. The Labute approximate surface area is 166 Å². The van der Waals surface area contributed by atoms with E-state index in [9.17, 15) is 9.59 Å². The molecule has 2 aromatic heterocycles. The number of aromatic amines is 1. The highest BCUT2D eigenvalue weighted by atomic mass is 35.5. The number of tetrazole rings is 1. The lowest BCUT2D eigenvalue weighted by Gasteiger charge is -2.21. The Morgan fingerprint density at radius 2 is 1.79 bits per heavy atom. The highest BCUT2D eigenvalue weighted by Gasteiger charge is 2.45. The Hall–Kier alpha value is -3.23. The van der Waals surface area contributed by atoms with Crippen LogP contribution >= 0.6 is 23.2 Å². The minimum absolute atomic E-state index is 0.0258. The second-order valence-corrected chi connectivity index (χ2v) is 7.03. The van der Waals surface area contributed by atoms with E-state index in [1.807, 2.05) is 0 Å². The topological polar surface area (TPSA) is 105 Å². The van der Waals surface area contributed by atoms with E-state index in [4.69, 9.17) is 27.6 Å². The van der Waals surface area contributed by atoms with E-state index in [-0.39, 0.29) is 33.7 Å². The normalized spacial score (nSPS) is 16.0. The van der Waals surface area contributed by atoms with Crippen LogP contribution < -0.4 is 10.3 Å². The highest BCUT2D eigenvalue weighted by Crippen LogP contribution is 2.40. The van der Waals surface area contributed by atoms with Crippen molar-refractivity contribution in [3.63, 3.8) is 0 Å². The van der Waals surface area contributed by atoms with Gasteiger partial charge in [-0.15, -0.1) is 5.10 Å². The Morgan fingerprint density at radius 1 is 1.04 bits per heavy atom. The van der Waals surface area contributed by atoms with Gasteiger partial charge in [-0.3, -0.25) is 14.5 Å². The number of fused-ring (bicyclic) bond motifs is 2. The zero-order chi connectivity index (χ0) is 19.4. The number of H-pyrrole nitrogens is 1. The predicted molar refractivity (Wildman–Crippen MR) is 102 cm³/mol. The summed E-state index contributed by atoms with van der Waals surface area (Å²) in [4.78, 5) is 27.7. The maximum absolute atomic E-state index is 13.3. The van der Waals surface area contributed by atoms with Crippen LogP contribution in [0.5, 0.6) is 0 Å². The van der Waals surface area contributed by atoms with E-state index in [1.165, 1.54) is 11.0 Å². The molecule has 1 aliphatic rings. The van der Waals surface area contributed by atoms with Crippen LogP contribution in [0.4, 0.5) is 5.95 Å². The van der Waals surface area contributed by atoms with Crippen LogP contribution in [0.3, 0.4) is 0 Å². The number of nitrogens with one attached hydrogen (secondary N) is 1. The van der Waals surface area contributed by atoms with Crippen LogP contribution in [0.2, 0.25) is 10.0 Å². The lowest BCUT2D eigenvalue weighted by atomic mass is 9.99. The van der Waals surface area contributed by atoms with Crippen LogP contribution in [-0.4, -0.2) is 26.5 Å². The molecule has 0 radical (unpaired) electrons. The number of hydrogen-bond acceptors (Lipinski definition) is 6. The summed E-state index contributed by atoms with van der Waals surface area (Å²) in [6, 6.07) is 10.7. The lowest BCUT2D eigenvalue weighted by molar-refractivity contribution is 0.0969. The van der Waals surface area contributed by atoms with Crippen LogP contribution in [0.25, 0.3) is 11.0 Å². The van der Waals surface area contributed by atoms with Gasteiger partial charge in [-0.25, -0.2) is 0 Å². The first kappa shape index (κ1) is 16.9. The van der Waals surface area contributed by atoms with E-state index in [1.54, 1.807) is 36.4 Å². The van der Waals surface area contributed by atoms with Crippen LogP contribution in [0.15, 0.2) is 51.7 Å². The minimum atomic E-state index is -0.794. The third-order valence-corrected chi connectivity index (χ3v) is 5.05. The number of hydrogen-bond donors (Lipinski definition) is 1. The van der Waals surface area contributed by atoms with E-state index in [0.717, 1.165) is 0 Å². The molecule has 10 heteroatoms. The van der Waals surface area contributed by atoms with Crippen molar-refractivity contribution in [3.8, 4) is 0 Å². The monoisotopic (exact) mass is 413 g/mol. The first-order valence-corrected chi connectivity index (χ1v) is 8.89. The van der Waals surface area contributed by atoms with Crippen molar-refractivity contribution in [3.05, 3.63) is 79.6 Å². The fraction of sp³-hybridized carbons (Fsp3) is 0.0556. The van der Waals surface area contributed by atoms with Crippen molar-refractivity contribution in [2.75, 3.05) is 4.90 Å². The molecule has 0 aliphatic carbocycles. The molecule has 5 rings (SSSR count). The van der Waals surface area contributed by atoms with Crippen molar-refractivity contribution in [2.45, 2.75) is 6.04 Å². The first-order valence-electron chi connectivity index (χ1n) is 8.13. The molecule has 1 N–H and O–H groups in total. The Morgan fingerprint density at radius 3 is 2.50 bits per heavy atom. The Bertz CT molecular complexity index is 1290. The van der Waals surface area contributed by atoms with Crippen molar-refractivity contribution in [1.82, 2.24) is 20.6 Å². The Balaban J connectivity index is 1.83. The molecule has 0 fully saturated rings. The summed E-state index contributed by atoms with van der Waals surface area (Å²) in [5, 5.41) is 14.8. The summed E-state index contributed by atoms with van der Waals surface area (Å²) in [7, 11) is 0. The molecule has 28 heavy (non-hydrogen) atoms. The van der Waals surface area contributed by atoms with Crippen molar-refractivity contribution in [1.29, 1.82) is 0 Å². The molecule has 2 aromatic carbocycles. The third kappa shape index (κ3) is 2.42. The Kier molecular flexibility index (Phi) is 3.71. The fourth-order valence-electron chi connectivity index (χ4n) is 3.37. The van der Waals surface area contributed by atoms with Gasteiger partial charge in [-0.2, -0.15) is 5.21 Å². The molecule has 138 valence electrons. The molecule has 4 aromatic rings. The number of nitrogens with zero attached hydrogens (tertiary/aromatic N) is 4. The van der Waals surface area contributed by atoms with Gasteiger partial charge in [0.1, 0.15) is 5.58 Å². The van der Waals surface area contributed by atoms with E-state index in [0.29, 0.717) is 15.6 Å². The fourth-order valence-corrected chi connectivity index (χ4v) is 3.67. The van der Waals surface area contributed by atoms with E-state index >= 15 is 0 Å². The SMILES string of the molecule is O=C1c2oc3ccc(Cl)cc3c(=O)c2[C@@H](c2ccc(Cl)cc2)N1c1nn[nH]n1. The standard InChI is InChI=1S/C18H9Cl2N5O3/c19-9-3-1-8(2-4-9)14-13-15(26)11-7-10(20)5-6-12(11)28-16(13)17(27)25(14)18-21-23-24-22-18/h1-7,14H,(H,21,22,23,24)/t14-/m1/s1. The molecule has 1 atom stereocenters. The zero-order valence-electron chi connectivity index (χ0n) is 13.9. The number of rotatable bonds is 2. The molecule has 0 saturated carbocycles. The molecule has 0 spiro atoms. The number of carbonyl (C=O) groups is 1. The summed E-state index contributed by atoms with van der Waals surface area (Å²) in [5.41, 5.74) is 0.756. The van der Waals surface area contributed by atoms with Gasteiger partial charge in [0.15, 0.2) is 5.43 Å². The maximum atomic E-state index is 13.3. The minimum Gasteiger partial charge on any atom is -0.450 e. The van der Waals surface area contributed by atoms with Gasteiger partial charge in [0.2, 0.25) is 5.76 Å². The van der Waals surface area contributed by atoms with Crippen molar-refractivity contribution >= 4 is 46.0 Å². The van der Waals surface area contributed by atoms with Crippen LogP contribution in [-0.2, 0) is 0 Å². The summed E-state index contributed by atoms with van der Waals surface area (Å²) < 4.78 is 5.79. The summed E-state index contributed by atoms with van der Waals surface area (Å²) >= 11 is 12.0. The second kappa shape index (κ2) is 6.15. The molecular formula is C18H9Cl2N5O3. The van der Waals surface area contributed by atoms with Gasteiger partial charge in [0.05, 0.1) is 17.0 Å². The molecule has 3 heterocycles. The number of anilines is 1. The molecule has 8 nitrogen and oxygen atoms in total. The quantitative estimate of drug-likeness (QED) is 0.539. The average molecular weight is 414 g/mol. The molecule has 1 aliphatic heterocycles. The van der Waals surface area contributed by atoms with Gasteiger partial charge >= 0.3 is 0 Å². The smallest absolute Gasteiger partial charge is 0.297 e. The van der Waals surface area contributed by atoms with Gasteiger partial charge in [0.25, 0.3) is 11.9 Å². The number of halogens is 2. The van der Waals surface area contributed by atoms with Gasteiger partial charge in [0, 0.05) is 10.0 Å². The van der Waals surface area contributed by atoms with E-state index in [2.05, 4.69) is 20.6 Å². The lowest BCUT2D eigenvalue weighted by Crippen LogP contribution is -2.30. The molecule has 0 bridgehead atoms. The predicted octanol–water partition coefficient (Wildman–Crippen LogP) is 3.36. The largest absolute Gasteiger partial charge is 0.450 e. The van der Waals surface area contributed by atoms with Crippen molar-refractivity contribution in [2.24, 2.45) is 0 Å². The van der Waals surface area contributed by atoms with Gasteiger partial charge < -0.3 is 4.42 Å². The number of benzene rings is 2. The van der Waals surface area contributed by atoms with Crippen molar-refractivity contribution < 1.29 is 9.21 Å². The van der Waals surface area contributed by atoms with Crippen LogP contribution in [0.1, 0.15) is 27.7 Å². The maximum Gasteiger partial charge on any atom is 0.297 e. The zero-order valence-corrected chi connectivity index (χ0v) is 15.4. The van der Waals surface area contributed by atoms with Gasteiger partial charge in [-0.1, -0.05) is 40.4 Å². The molecule has 0 saturated heterocycles. The number of amides is 1. The molecule has 0 unspecified atom stereocenters. The number of carbonyl (C=O) groups excluding carboxylic acids is 1. The molecule has 1 amide bonds.